The first-order valence-electron chi connectivity index (χ1n) is 26.7. The zero-order valence-electron chi connectivity index (χ0n) is 41.4. The molecule has 0 saturated carbocycles. The number of rotatable bonds is 47. The van der Waals surface area contributed by atoms with E-state index in [1.54, 1.807) is 0 Å². The lowest BCUT2D eigenvalue weighted by molar-refractivity contribution is -0.151. The largest absolute Gasteiger partial charge is 0.462 e. The quantitative estimate of drug-likeness (QED) is 0.0245. The fourth-order valence-electron chi connectivity index (χ4n) is 7.86. The van der Waals surface area contributed by atoms with E-state index in [1.165, 1.54) is 116 Å². The van der Waals surface area contributed by atoms with Gasteiger partial charge in [0.2, 0.25) is 5.91 Å². The lowest BCUT2D eigenvalue weighted by Gasteiger charge is -2.24. The molecule has 0 aromatic heterocycles. The Morgan fingerprint density at radius 3 is 1.49 bits per heavy atom. The van der Waals surface area contributed by atoms with Crippen molar-refractivity contribution in [3.05, 3.63) is 72.9 Å². The highest BCUT2D eigenvalue weighted by Crippen LogP contribution is 2.18. The number of nitrogens with one attached hydrogen (secondary N) is 1. The third kappa shape index (κ3) is 45.7. The van der Waals surface area contributed by atoms with E-state index < -0.39 is 18.2 Å². The lowest BCUT2D eigenvalue weighted by atomic mass is 10.0. The predicted molar refractivity (Wildman–Crippen MR) is 273 cm³/mol. The minimum Gasteiger partial charge on any atom is -0.462 e. The number of hydrogen-bond donors (Lipinski definition) is 3. The number of esters is 1. The molecule has 0 aliphatic heterocycles. The topological polar surface area (TPSA) is 95.9 Å². The number of aliphatic hydroxyl groups excluding tert-OH is 2. The summed E-state index contributed by atoms with van der Waals surface area (Å²) in [5.74, 6) is -0.526. The molecule has 0 aromatic rings. The Hall–Kier alpha value is -2.70. The van der Waals surface area contributed by atoms with Crippen LogP contribution in [0.25, 0.3) is 0 Å². The molecule has 6 nitrogen and oxygen atoms in total. The Morgan fingerprint density at radius 2 is 0.937 bits per heavy atom. The van der Waals surface area contributed by atoms with Crippen LogP contribution < -0.4 is 5.32 Å². The van der Waals surface area contributed by atoms with Gasteiger partial charge in [0.25, 0.3) is 0 Å². The van der Waals surface area contributed by atoms with Gasteiger partial charge in [0, 0.05) is 6.42 Å². The van der Waals surface area contributed by atoms with Gasteiger partial charge in [-0.05, 0) is 77.0 Å². The molecule has 0 bridgehead atoms. The Morgan fingerprint density at radius 1 is 0.492 bits per heavy atom. The van der Waals surface area contributed by atoms with Gasteiger partial charge in [-0.1, -0.05) is 235 Å². The van der Waals surface area contributed by atoms with Crippen molar-refractivity contribution in [2.45, 2.75) is 270 Å². The minimum absolute atomic E-state index is 0.0442. The first-order chi connectivity index (χ1) is 31.0. The van der Waals surface area contributed by atoms with E-state index in [9.17, 15) is 19.8 Å². The summed E-state index contributed by atoms with van der Waals surface area (Å²) in [6.45, 7) is 6.24. The molecule has 6 heteroatoms. The molecule has 3 atom stereocenters. The Labute approximate surface area is 390 Å². The van der Waals surface area contributed by atoms with Crippen molar-refractivity contribution in [3.8, 4) is 0 Å². The van der Waals surface area contributed by atoms with E-state index in [0.29, 0.717) is 19.3 Å². The van der Waals surface area contributed by atoms with Crippen molar-refractivity contribution >= 4 is 11.9 Å². The summed E-state index contributed by atoms with van der Waals surface area (Å²) in [6.07, 6.45) is 64.0. The zero-order valence-corrected chi connectivity index (χ0v) is 41.4. The average Bonchev–Trinajstić information content (AvgIpc) is 3.28. The maximum absolute atomic E-state index is 13.2. The van der Waals surface area contributed by atoms with Crippen LogP contribution in [0.15, 0.2) is 72.9 Å². The summed E-state index contributed by atoms with van der Waals surface area (Å²) >= 11 is 0. The first kappa shape index (κ1) is 60.3. The molecular formula is C57H101NO5. The van der Waals surface area contributed by atoms with Crippen molar-refractivity contribution in [2.24, 2.45) is 0 Å². The second kappa shape index (κ2) is 50.3. The Bertz CT molecular complexity index is 1170. The van der Waals surface area contributed by atoms with Gasteiger partial charge in [-0.15, -0.1) is 0 Å². The zero-order chi connectivity index (χ0) is 45.9. The predicted octanol–water partition coefficient (Wildman–Crippen LogP) is 16.2. The van der Waals surface area contributed by atoms with Gasteiger partial charge in [0.1, 0.15) is 6.10 Å². The van der Waals surface area contributed by atoms with Gasteiger partial charge >= 0.3 is 5.97 Å². The number of hydrogen-bond acceptors (Lipinski definition) is 5. The van der Waals surface area contributed by atoms with Crippen molar-refractivity contribution in [2.75, 3.05) is 6.61 Å². The number of ether oxygens (including phenoxy) is 1. The third-order valence-electron chi connectivity index (χ3n) is 11.8. The van der Waals surface area contributed by atoms with Crippen LogP contribution in [0.3, 0.4) is 0 Å². The Balaban J connectivity index is 4.55. The molecule has 1 amide bonds. The van der Waals surface area contributed by atoms with Gasteiger partial charge in [0.15, 0.2) is 0 Å². The van der Waals surface area contributed by atoms with Crippen LogP contribution in [0, 0.1) is 0 Å². The second-order valence-corrected chi connectivity index (χ2v) is 17.9. The van der Waals surface area contributed by atoms with Gasteiger partial charge in [-0.3, -0.25) is 9.59 Å². The van der Waals surface area contributed by atoms with E-state index >= 15 is 0 Å². The molecule has 3 N–H and O–H groups in total. The average molecular weight is 880 g/mol. The number of carbonyl (C=O) groups excluding carboxylic acids is 2. The molecule has 364 valence electrons. The molecule has 3 unspecified atom stereocenters. The number of carbonyl (C=O) groups is 2. The van der Waals surface area contributed by atoms with Gasteiger partial charge in [-0.25, -0.2) is 0 Å². The van der Waals surface area contributed by atoms with E-state index in [-0.39, 0.29) is 24.9 Å². The van der Waals surface area contributed by atoms with Crippen molar-refractivity contribution in [1.29, 1.82) is 0 Å². The molecule has 0 heterocycles. The SMILES string of the molecule is CC/C=C/C=C/C=C/CCCCCCCCCC(=O)OC(CCCC/C=C/C/C=C/C/C=C/CC)CC(=O)NC(CO)C(O)CCCCCCCCCCCCCCCCCCC. The van der Waals surface area contributed by atoms with E-state index in [2.05, 4.69) is 99.0 Å². The number of allylic oxidation sites excluding steroid dienone is 12. The van der Waals surface area contributed by atoms with Gasteiger partial charge in [0.05, 0.1) is 25.2 Å². The Kier molecular flexibility index (Phi) is 48.1. The van der Waals surface area contributed by atoms with E-state index in [0.717, 1.165) is 89.9 Å². The third-order valence-corrected chi connectivity index (χ3v) is 11.8. The van der Waals surface area contributed by atoms with Gasteiger partial charge in [-0.2, -0.15) is 0 Å². The summed E-state index contributed by atoms with van der Waals surface area (Å²) in [4.78, 5) is 26.2. The first-order valence-corrected chi connectivity index (χ1v) is 26.7. The molecule has 0 saturated heterocycles. The smallest absolute Gasteiger partial charge is 0.306 e. The normalized spacial score (nSPS) is 13.8. The second-order valence-electron chi connectivity index (χ2n) is 17.9. The van der Waals surface area contributed by atoms with Crippen LogP contribution in [0.2, 0.25) is 0 Å². The van der Waals surface area contributed by atoms with Crippen LogP contribution in [-0.2, 0) is 14.3 Å². The monoisotopic (exact) mass is 880 g/mol. The van der Waals surface area contributed by atoms with Crippen LogP contribution in [0.5, 0.6) is 0 Å². The van der Waals surface area contributed by atoms with Crippen LogP contribution >= 0.6 is 0 Å². The molecule has 0 radical (unpaired) electrons. The fourth-order valence-corrected chi connectivity index (χ4v) is 7.86. The highest BCUT2D eigenvalue weighted by Gasteiger charge is 2.24. The number of aliphatic hydroxyl groups is 2. The minimum atomic E-state index is -0.803. The molecule has 0 aliphatic rings. The van der Waals surface area contributed by atoms with Crippen LogP contribution in [0.1, 0.15) is 252 Å². The summed E-state index contributed by atoms with van der Waals surface area (Å²) in [5.41, 5.74) is 0. The highest BCUT2D eigenvalue weighted by molar-refractivity contribution is 5.77. The van der Waals surface area contributed by atoms with Gasteiger partial charge < -0.3 is 20.3 Å². The summed E-state index contributed by atoms with van der Waals surface area (Å²) in [5, 5.41) is 23.8. The molecule has 0 fully saturated rings. The maximum Gasteiger partial charge on any atom is 0.306 e. The summed E-state index contributed by atoms with van der Waals surface area (Å²) in [6, 6.07) is -0.719. The van der Waals surface area contributed by atoms with E-state index in [1.807, 2.05) is 0 Å². The molecule has 63 heavy (non-hydrogen) atoms. The summed E-state index contributed by atoms with van der Waals surface area (Å²) in [7, 11) is 0. The van der Waals surface area contributed by atoms with Crippen LogP contribution in [0.4, 0.5) is 0 Å². The fraction of sp³-hybridized carbons (Fsp3) is 0.754. The lowest BCUT2D eigenvalue weighted by Crippen LogP contribution is -2.46. The molecule has 0 aromatic carbocycles. The molecule has 0 spiro atoms. The number of amides is 1. The molecule has 0 rings (SSSR count). The van der Waals surface area contributed by atoms with E-state index in [4.69, 9.17) is 4.74 Å². The summed E-state index contributed by atoms with van der Waals surface area (Å²) < 4.78 is 5.91. The molecule has 0 aliphatic carbocycles. The standard InChI is InChI=1S/C57H101NO5/c1-4-7-10-13-16-19-22-25-27-28-30-31-34-37-40-43-46-49-55(60)54(52-59)58-56(61)51-53(48-45-42-39-36-33-24-21-18-15-12-9-6-3)63-57(62)50-47-44-41-38-35-32-29-26-23-20-17-14-11-8-5-2/h8-9,11-12,14,17-18,20-21,23,33,36,53-55,59-60H,4-7,10,13,15-16,19,22,24-32,34-35,37-52H2,1-3H3,(H,58,61)/b11-8+,12-9+,17-14+,21-18+,23-20+,36-33+. The molecular weight excluding hydrogens is 779 g/mol. The maximum atomic E-state index is 13.2. The van der Waals surface area contributed by atoms with Crippen LogP contribution in [-0.4, -0.2) is 46.9 Å². The highest BCUT2D eigenvalue weighted by atomic mass is 16.5. The van der Waals surface area contributed by atoms with Crippen molar-refractivity contribution < 1.29 is 24.5 Å². The van der Waals surface area contributed by atoms with Crippen molar-refractivity contribution in [1.82, 2.24) is 5.32 Å². The van der Waals surface area contributed by atoms with Crippen molar-refractivity contribution in [3.63, 3.8) is 0 Å². The number of unbranched alkanes of at least 4 members (excludes halogenated alkanes) is 25.